The van der Waals surface area contributed by atoms with Crippen LogP contribution in [0.5, 0.6) is 0 Å². The number of esters is 1. The maximum Gasteiger partial charge on any atom is 0.340 e. The molecule has 4 rings (SSSR count). The summed E-state index contributed by atoms with van der Waals surface area (Å²) in [5.41, 5.74) is 5.40. The van der Waals surface area contributed by atoms with Gasteiger partial charge in [-0.1, -0.05) is 54.2 Å². The first-order chi connectivity index (χ1) is 16.0. The van der Waals surface area contributed by atoms with Gasteiger partial charge in [0.2, 0.25) is 0 Å². The lowest BCUT2D eigenvalue weighted by Gasteiger charge is -2.09. The van der Waals surface area contributed by atoms with Gasteiger partial charge in [-0.3, -0.25) is 4.79 Å². The van der Waals surface area contributed by atoms with Crippen molar-refractivity contribution >= 4 is 34.5 Å². The second-order valence-electron chi connectivity index (χ2n) is 7.83. The number of Topliss-reactive ketones (excluding diaryl/α,β-unsaturated/α-hetero) is 1. The first-order valence-electron chi connectivity index (χ1n) is 11.0. The number of imidazole rings is 1. The molecule has 33 heavy (non-hydrogen) atoms. The molecule has 0 saturated carbocycles. The molecule has 0 unspecified atom stereocenters. The number of H-pyrrole nitrogens is 1. The summed E-state index contributed by atoms with van der Waals surface area (Å²) in [7, 11) is 0. The van der Waals surface area contributed by atoms with Gasteiger partial charge in [0, 0.05) is 12.2 Å². The molecule has 170 valence electrons. The minimum absolute atomic E-state index is 0.0715. The van der Waals surface area contributed by atoms with E-state index in [0.29, 0.717) is 29.1 Å². The molecule has 2 aromatic heterocycles. The van der Waals surface area contributed by atoms with Crippen molar-refractivity contribution in [3.63, 3.8) is 0 Å². The van der Waals surface area contributed by atoms with Gasteiger partial charge in [0.05, 0.1) is 34.7 Å². The van der Waals surface area contributed by atoms with E-state index in [-0.39, 0.29) is 11.5 Å². The molecule has 4 aromatic rings. The zero-order valence-electron chi connectivity index (χ0n) is 19.1. The molecule has 7 heteroatoms. The van der Waals surface area contributed by atoms with E-state index in [1.54, 1.807) is 20.8 Å². The van der Waals surface area contributed by atoms with Crippen LogP contribution in [0.2, 0.25) is 0 Å². The van der Waals surface area contributed by atoms with Crippen LogP contribution in [0.3, 0.4) is 0 Å². The van der Waals surface area contributed by atoms with Crippen LogP contribution in [0.15, 0.2) is 59.8 Å². The summed E-state index contributed by atoms with van der Waals surface area (Å²) in [6, 6.07) is 18.4. The van der Waals surface area contributed by atoms with E-state index < -0.39 is 5.97 Å². The van der Waals surface area contributed by atoms with Gasteiger partial charge in [-0.05, 0) is 50.5 Å². The average molecular weight is 462 g/mol. The summed E-state index contributed by atoms with van der Waals surface area (Å²) in [6.07, 6.45) is 0.876. The molecular formula is C26H27N3O3S. The molecule has 2 heterocycles. The Morgan fingerprint density at radius 2 is 1.79 bits per heavy atom. The number of nitrogens with one attached hydrogen (secondary N) is 1. The van der Waals surface area contributed by atoms with Gasteiger partial charge in [0.25, 0.3) is 0 Å². The third kappa shape index (κ3) is 4.88. The Morgan fingerprint density at radius 3 is 2.55 bits per heavy atom. The maximum atomic E-state index is 13.0. The van der Waals surface area contributed by atoms with Gasteiger partial charge in [-0.15, -0.1) is 0 Å². The fraction of sp³-hybridized carbons (Fsp3) is 0.269. The first kappa shape index (κ1) is 22.9. The Labute approximate surface area is 197 Å². The Morgan fingerprint density at radius 1 is 1.06 bits per heavy atom. The van der Waals surface area contributed by atoms with Crippen LogP contribution in [-0.2, 0) is 17.7 Å². The summed E-state index contributed by atoms with van der Waals surface area (Å²) in [6.45, 7) is 6.40. The second-order valence-corrected chi connectivity index (χ2v) is 8.77. The largest absolute Gasteiger partial charge is 0.462 e. The molecule has 0 aliphatic carbocycles. The van der Waals surface area contributed by atoms with Crippen molar-refractivity contribution in [2.75, 3.05) is 12.4 Å². The zero-order valence-corrected chi connectivity index (χ0v) is 19.9. The molecule has 2 aromatic carbocycles. The fourth-order valence-electron chi connectivity index (χ4n) is 4.01. The van der Waals surface area contributed by atoms with Gasteiger partial charge in [-0.25, -0.2) is 9.78 Å². The van der Waals surface area contributed by atoms with Gasteiger partial charge in [0.1, 0.15) is 0 Å². The highest BCUT2D eigenvalue weighted by Gasteiger charge is 2.23. The number of carbonyl (C=O) groups excluding carboxylic acids is 2. The summed E-state index contributed by atoms with van der Waals surface area (Å²) in [4.78, 5) is 33.2. The van der Waals surface area contributed by atoms with E-state index in [2.05, 4.69) is 27.8 Å². The van der Waals surface area contributed by atoms with Crippen LogP contribution < -0.4 is 0 Å². The van der Waals surface area contributed by atoms with Crippen LogP contribution in [0, 0.1) is 13.8 Å². The van der Waals surface area contributed by atoms with Crippen molar-refractivity contribution in [2.45, 2.75) is 38.9 Å². The molecule has 0 radical (unpaired) electrons. The molecule has 0 bridgehead atoms. The number of ether oxygens (including phenoxy) is 1. The second kappa shape index (κ2) is 10.1. The number of para-hydroxylation sites is 2. The van der Waals surface area contributed by atoms with E-state index in [0.717, 1.165) is 29.2 Å². The normalized spacial score (nSPS) is 11.1. The summed E-state index contributed by atoms with van der Waals surface area (Å²) < 4.78 is 7.31. The third-order valence-corrected chi connectivity index (χ3v) is 6.59. The zero-order chi connectivity index (χ0) is 23.4. The number of aromatic amines is 1. The number of hydrogen-bond acceptors (Lipinski definition) is 5. The molecule has 0 aliphatic heterocycles. The van der Waals surface area contributed by atoms with Gasteiger partial charge >= 0.3 is 5.97 Å². The van der Waals surface area contributed by atoms with Crippen LogP contribution in [0.25, 0.3) is 11.0 Å². The molecule has 0 atom stereocenters. The summed E-state index contributed by atoms with van der Waals surface area (Å²) >= 11 is 1.42. The van der Waals surface area contributed by atoms with Gasteiger partial charge in [0.15, 0.2) is 10.9 Å². The molecule has 0 amide bonds. The van der Waals surface area contributed by atoms with Crippen molar-refractivity contribution in [1.29, 1.82) is 0 Å². The number of aromatic nitrogens is 3. The lowest BCUT2D eigenvalue weighted by atomic mass is 10.1. The SMILES string of the molecule is CCOC(=O)c1c(C)[nH]c(C(=O)CSc2nc3ccccc3n2CCc2ccccc2)c1C. The Hall–Kier alpha value is -3.32. The highest BCUT2D eigenvalue weighted by Crippen LogP contribution is 2.27. The fourth-order valence-corrected chi connectivity index (χ4v) is 4.92. The Bertz CT molecular complexity index is 1290. The van der Waals surface area contributed by atoms with Crippen molar-refractivity contribution in [3.05, 3.63) is 82.7 Å². The van der Waals surface area contributed by atoms with Crippen LogP contribution in [0.4, 0.5) is 0 Å². The van der Waals surface area contributed by atoms with E-state index in [1.807, 2.05) is 36.4 Å². The van der Waals surface area contributed by atoms with Crippen molar-refractivity contribution in [3.8, 4) is 0 Å². The lowest BCUT2D eigenvalue weighted by molar-refractivity contribution is 0.0525. The van der Waals surface area contributed by atoms with Crippen LogP contribution in [0.1, 0.15) is 44.6 Å². The van der Waals surface area contributed by atoms with E-state index in [9.17, 15) is 9.59 Å². The van der Waals surface area contributed by atoms with E-state index >= 15 is 0 Å². The summed E-state index contributed by atoms with van der Waals surface area (Å²) in [5.74, 6) is -0.256. The summed E-state index contributed by atoms with van der Waals surface area (Å²) in [5, 5.41) is 0.812. The smallest absolute Gasteiger partial charge is 0.340 e. The maximum absolute atomic E-state index is 13.0. The molecule has 6 nitrogen and oxygen atoms in total. The quantitative estimate of drug-likeness (QED) is 0.206. The number of ketones is 1. The Balaban J connectivity index is 1.54. The molecule has 0 spiro atoms. The molecule has 0 fully saturated rings. The minimum atomic E-state index is -0.404. The predicted octanol–water partition coefficient (Wildman–Crippen LogP) is 5.38. The van der Waals surface area contributed by atoms with E-state index in [4.69, 9.17) is 9.72 Å². The lowest BCUT2D eigenvalue weighted by Crippen LogP contribution is -2.09. The van der Waals surface area contributed by atoms with Crippen LogP contribution in [-0.4, -0.2) is 38.6 Å². The number of rotatable bonds is 9. The number of aryl methyl sites for hydroxylation is 3. The van der Waals surface area contributed by atoms with Crippen LogP contribution >= 0.6 is 11.8 Å². The first-order valence-corrected chi connectivity index (χ1v) is 12.0. The number of carbonyl (C=O) groups is 2. The van der Waals surface area contributed by atoms with Gasteiger partial charge in [-0.2, -0.15) is 0 Å². The standard InChI is InChI=1S/C26H27N3O3S/c1-4-32-25(31)23-17(2)24(27-18(23)3)22(30)16-33-26-28-20-12-8-9-13-21(20)29(26)15-14-19-10-6-5-7-11-19/h5-13,27H,4,14-16H2,1-3H3. The monoisotopic (exact) mass is 461 g/mol. The average Bonchev–Trinajstić information content (AvgIpc) is 3.33. The molecule has 0 aliphatic rings. The van der Waals surface area contributed by atoms with Gasteiger partial charge < -0.3 is 14.3 Å². The Kier molecular flexibility index (Phi) is 6.99. The highest BCUT2D eigenvalue weighted by atomic mass is 32.2. The molecule has 1 N–H and O–H groups in total. The van der Waals surface area contributed by atoms with Crippen molar-refractivity contribution in [1.82, 2.24) is 14.5 Å². The third-order valence-electron chi connectivity index (χ3n) is 5.61. The highest BCUT2D eigenvalue weighted by molar-refractivity contribution is 7.99. The van der Waals surface area contributed by atoms with E-state index in [1.165, 1.54) is 17.3 Å². The number of thioether (sulfide) groups is 1. The molecular weight excluding hydrogens is 434 g/mol. The topological polar surface area (TPSA) is 77.0 Å². The van der Waals surface area contributed by atoms with Crippen molar-refractivity contribution in [2.24, 2.45) is 0 Å². The predicted molar refractivity (Wildman–Crippen MR) is 131 cm³/mol. The number of benzene rings is 2. The van der Waals surface area contributed by atoms with Crippen molar-refractivity contribution < 1.29 is 14.3 Å². The number of hydrogen-bond donors (Lipinski definition) is 1. The number of nitrogens with zero attached hydrogens (tertiary/aromatic N) is 2. The minimum Gasteiger partial charge on any atom is -0.462 e. The number of fused-ring (bicyclic) bond motifs is 1. The molecule has 0 saturated heterocycles.